The molecule has 1 aromatic heterocycles. The maximum atomic E-state index is 13.6. The van der Waals surface area contributed by atoms with E-state index in [0.29, 0.717) is 31.1 Å². The standard InChI is InChI=1S/C17H20FN3O3/c1-11(22)15-9-13-10-20(6-3-7-21(13)19-15)17(23)14-8-12(18)4-5-16(14)24-2/h4-5,8-9,11,22H,3,6-7,10H2,1-2H3/t11-/m1/s1. The Bertz CT molecular complexity index is 758. The van der Waals surface area contributed by atoms with E-state index in [9.17, 15) is 14.3 Å². The van der Waals surface area contributed by atoms with Crippen molar-refractivity contribution in [2.75, 3.05) is 13.7 Å². The van der Waals surface area contributed by atoms with Gasteiger partial charge in [-0.25, -0.2) is 4.39 Å². The van der Waals surface area contributed by atoms with Crippen LogP contribution in [-0.4, -0.2) is 39.3 Å². The lowest BCUT2D eigenvalue weighted by atomic mass is 10.1. The van der Waals surface area contributed by atoms with Gasteiger partial charge in [0.05, 0.1) is 36.7 Å². The number of halogens is 1. The van der Waals surface area contributed by atoms with Gasteiger partial charge in [0.15, 0.2) is 0 Å². The number of rotatable bonds is 3. The molecule has 6 nitrogen and oxygen atoms in total. The van der Waals surface area contributed by atoms with Crippen LogP contribution in [0.15, 0.2) is 24.3 Å². The Morgan fingerprint density at radius 3 is 2.88 bits per heavy atom. The SMILES string of the molecule is COc1ccc(F)cc1C(=O)N1CCCn2nc([C@@H](C)O)cc2C1. The van der Waals surface area contributed by atoms with Gasteiger partial charge < -0.3 is 14.7 Å². The van der Waals surface area contributed by atoms with E-state index in [-0.39, 0.29) is 11.5 Å². The largest absolute Gasteiger partial charge is 0.496 e. The first-order valence-electron chi connectivity index (χ1n) is 7.87. The first-order chi connectivity index (χ1) is 11.5. The molecule has 1 amide bonds. The lowest BCUT2D eigenvalue weighted by molar-refractivity contribution is 0.0742. The molecule has 0 radical (unpaired) electrons. The van der Waals surface area contributed by atoms with Crippen molar-refractivity contribution < 1.29 is 19.0 Å². The first-order valence-corrected chi connectivity index (χ1v) is 7.87. The Morgan fingerprint density at radius 2 is 2.17 bits per heavy atom. The number of fused-ring (bicyclic) bond motifs is 1. The second-order valence-electron chi connectivity index (χ2n) is 5.88. The quantitative estimate of drug-likeness (QED) is 0.934. The number of hydrogen-bond acceptors (Lipinski definition) is 4. The number of carbonyl (C=O) groups excluding carboxylic acids is 1. The minimum absolute atomic E-state index is 0.209. The number of carbonyl (C=O) groups is 1. The zero-order valence-corrected chi connectivity index (χ0v) is 13.7. The number of nitrogens with zero attached hydrogens (tertiary/aromatic N) is 3. The van der Waals surface area contributed by atoms with E-state index in [1.165, 1.54) is 25.3 Å². The molecule has 2 aromatic rings. The highest BCUT2D eigenvalue weighted by Gasteiger charge is 2.24. The normalized spacial score (nSPS) is 15.6. The Balaban J connectivity index is 1.89. The third kappa shape index (κ3) is 3.12. The molecular weight excluding hydrogens is 313 g/mol. The molecule has 7 heteroatoms. The van der Waals surface area contributed by atoms with Gasteiger partial charge in [-0.2, -0.15) is 5.10 Å². The van der Waals surface area contributed by atoms with Gasteiger partial charge in [-0.05, 0) is 37.6 Å². The molecule has 0 unspecified atom stereocenters. The van der Waals surface area contributed by atoms with Crippen LogP contribution in [-0.2, 0) is 13.1 Å². The van der Waals surface area contributed by atoms with Gasteiger partial charge in [0.1, 0.15) is 11.6 Å². The number of methoxy groups -OCH3 is 1. The predicted molar refractivity (Wildman–Crippen MR) is 85.2 cm³/mol. The summed E-state index contributed by atoms with van der Waals surface area (Å²) in [6.07, 6.45) is 0.0778. The summed E-state index contributed by atoms with van der Waals surface area (Å²) in [5, 5.41) is 14.0. The summed E-state index contributed by atoms with van der Waals surface area (Å²) in [4.78, 5) is 14.5. The number of ether oxygens (including phenoxy) is 1. The molecule has 0 bridgehead atoms. The fourth-order valence-electron chi connectivity index (χ4n) is 2.88. The molecule has 0 saturated carbocycles. The molecule has 1 aliphatic rings. The summed E-state index contributed by atoms with van der Waals surface area (Å²) in [7, 11) is 1.45. The summed E-state index contributed by atoms with van der Waals surface area (Å²) < 4.78 is 20.6. The molecule has 1 aliphatic heterocycles. The molecule has 128 valence electrons. The van der Waals surface area contributed by atoms with Crippen molar-refractivity contribution in [1.82, 2.24) is 14.7 Å². The van der Waals surface area contributed by atoms with E-state index >= 15 is 0 Å². The van der Waals surface area contributed by atoms with Crippen molar-refractivity contribution in [3.05, 3.63) is 47.0 Å². The Kier molecular flexibility index (Phi) is 4.53. The minimum atomic E-state index is -0.656. The molecule has 1 aromatic carbocycles. The molecule has 0 aliphatic carbocycles. The molecule has 24 heavy (non-hydrogen) atoms. The summed E-state index contributed by atoms with van der Waals surface area (Å²) >= 11 is 0. The fraction of sp³-hybridized carbons (Fsp3) is 0.412. The predicted octanol–water partition coefficient (Wildman–Crippen LogP) is 2.13. The summed E-state index contributed by atoms with van der Waals surface area (Å²) in [6.45, 7) is 3.24. The van der Waals surface area contributed by atoms with Crippen LogP contribution in [0, 0.1) is 5.82 Å². The van der Waals surface area contributed by atoms with Gasteiger partial charge in [-0.1, -0.05) is 0 Å². The number of benzene rings is 1. The Hall–Kier alpha value is -2.41. The second-order valence-corrected chi connectivity index (χ2v) is 5.88. The van der Waals surface area contributed by atoms with Crippen molar-refractivity contribution in [3.63, 3.8) is 0 Å². The number of aromatic nitrogens is 2. The molecule has 1 atom stereocenters. The average Bonchev–Trinajstić information content (AvgIpc) is 2.86. The number of hydrogen-bond donors (Lipinski definition) is 1. The van der Waals surface area contributed by atoms with Gasteiger partial charge in [0, 0.05) is 13.1 Å². The van der Waals surface area contributed by atoms with E-state index in [0.717, 1.165) is 12.1 Å². The topological polar surface area (TPSA) is 67.6 Å². The van der Waals surface area contributed by atoms with Gasteiger partial charge in [0.2, 0.25) is 0 Å². The number of aliphatic hydroxyl groups is 1. The molecular formula is C17H20FN3O3. The Morgan fingerprint density at radius 1 is 1.38 bits per heavy atom. The van der Waals surface area contributed by atoms with E-state index in [1.807, 2.05) is 4.68 Å². The van der Waals surface area contributed by atoms with Crippen LogP contribution in [0.2, 0.25) is 0 Å². The van der Waals surface area contributed by atoms with Crippen LogP contribution in [0.5, 0.6) is 5.75 Å². The van der Waals surface area contributed by atoms with Gasteiger partial charge in [0.25, 0.3) is 5.91 Å². The second kappa shape index (κ2) is 6.60. The fourth-order valence-corrected chi connectivity index (χ4v) is 2.88. The van der Waals surface area contributed by atoms with Crippen molar-refractivity contribution >= 4 is 5.91 Å². The first kappa shape index (κ1) is 16.4. The number of amides is 1. The lowest BCUT2D eigenvalue weighted by Gasteiger charge is -2.21. The number of aliphatic hydroxyl groups excluding tert-OH is 1. The monoisotopic (exact) mass is 333 g/mol. The molecule has 3 rings (SSSR count). The van der Waals surface area contributed by atoms with E-state index in [1.54, 1.807) is 17.9 Å². The van der Waals surface area contributed by atoms with E-state index < -0.39 is 11.9 Å². The summed E-state index contributed by atoms with van der Waals surface area (Å²) in [5.74, 6) is -0.404. The molecule has 1 N–H and O–H groups in total. The van der Waals surface area contributed by atoms with Crippen molar-refractivity contribution in [2.24, 2.45) is 0 Å². The maximum absolute atomic E-state index is 13.6. The van der Waals surface area contributed by atoms with Crippen LogP contribution in [0.1, 0.15) is 41.2 Å². The summed E-state index contributed by atoms with van der Waals surface area (Å²) in [6, 6.07) is 5.72. The van der Waals surface area contributed by atoms with Crippen LogP contribution in [0.25, 0.3) is 0 Å². The zero-order chi connectivity index (χ0) is 17.3. The highest BCUT2D eigenvalue weighted by Crippen LogP contribution is 2.24. The highest BCUT2D eigenvalue weighted by atomic mass is 19.1. The van der Waals surface area contributed by atoms with Crippen LogP contribution >= 0.6 is 0 Å². The Labute approximate surface area is 139 Å². The van der Waals surface area contributed by atoms with Crippen molar-refractivity contribution in [3.8, 4) is 5.75 Å². The zero-order valence-electron chi connectivity index (χ0n) is 13.7. The smallest absolute Gasteiger partial charge is 0.258 e. The molecule has 0 fully saturated rings. The summed E-state index contributed by atoms with van der Waals surface area (Å²) in [5.41, 5.74) is 1.65. The van der Waals surface area contributed by atoms with Crippen LogP contribution in [0.4, 0.5) is 4.39 Å². The number of aryl methyl sites for hydroxylation is 1. The van der Waals surface area contributed by atoms with Crippen molar-refractivity contribution in [2.45, 2.75) is 32.5 Å². The van der Waals surface area contributed by atoms with E-state index in [4.69, 9.17) is 4.74 Å². The van der Waals surface area contributed by atoms with Gasteiger partial charge in [-0.15, -0.1) is 0 Å². The average molecular weight is 333 g/mol. The van der Waals surface area contributed by atoms with Crippen LogP contribution in [0.3, 0.4) is 0 Å². The third-order valence-electron chi connectivity index (χ3n) is 4.14. The molecule has 2 heterocycles. The van der Waals surface area contributed by atoms with Crippen LogP contribution < -0.4 is 4.74 Å². The third-order valence-corrected chi connectivity index (χ3v) is 4.14. The minimum Gasteiger partial charge on any atom is -0.496 e. The van der Waals surface area contributed by atoms with Crippen molar-refractivity contribution in [1.29, 1.82) is 0 Å². The molecule has 0 saturated heterocycles. The van der Waals surface area contributed by atoms with Gasteiger partial charge >= 0.3 is 0 Å². The lowest BCUT2D eigenvalue weighted by Crippen LogP contribution is -2.31. The highest BCUT2D eigenvalue weighted by molar-refractivity contribution is 5.97. The molecule has 0 spiro atoms. The maximum Gasteiger partial charge on any atom is 0.258 e. The van der Waals surface area contributed by atoms with Gasteiger partial charge in [-0.3, -0.25) is 9.48 Å². The van der Waals surface area contributed by atoms with E-state index in [2.05, 4.69) is 5.10 Å².